The Morgan fingerprint density at radius 1 is 1.09 bits per heavy atom. The first-order valence-electron chi connectivity index (χ1n) is 8.56. The zero-order valence-corrected chi connectivity index (χ0v) is 14.5. The fourth-order valence-corrected chi connectivity index (χ4v) is 3.06. The Morgan fingerprint density at radius 2 is 1.73 bits per heavy atom. The van der Waals surface area contributed by atoms with E-state index in [4.69, 9.17) is 5.73 Å². The predicted octanol–water partition coefficient (Wildman–Crippen LogP) is 2.00. The highest BCUT2D eigenvalue weighted by Crippen LogP contribution is 2.18. The number of nitrogens with two attached hydrogens (primary N) is 1. The third-order valence-electron chi connectivity index (χ3n) is 4.54. The maximum absolute atomic E-state index is 5.57. The third-order valence-corrected chi connectivity index (χ3v) is 4.54. The summed E-state index contributed by atoms with van der Waals surface area (Å²) in [7, 11) is 2.16. The van der Waals surface area contributed by atoms with Crippen LogP contribution in [0.2, 0.25) is 0 Å². The molecule has 0 bridgehead atoms. The number of hydrogen-bond donors (Lipinski definition) is 1. The highest BCUT2D eigenvalue weighted by atomic mass is 15.3. The summed E-state index contributed by atoms with van der Waals surface area (Å²) in [5.74, 6) is 0. The normalized spacial score (nSPS) is 16.7. The Balaban J connectivity index is 1.84. The van der Waals surface area contributed by atoms with E-state index in [-0.39, 0.29) is 0 Å². The van der Waals surface area contributed by atoms with Gasteiger partial charge in [-0.15, -0.1) is 0 Å². The van der Waals surface area contributed by atoms with Crippen LogP contribution in [0.15, 0.2) is 24.3 Å². The molecule has 1 saturated heterocycles. The zero-order valence-electron chi connectivity index (χ0n) is 14.5. The van der Waals surface area contributed by atoms with Crippen LogP contribution in [0.3, 0.4) is 0 Å². The smallest absolute Gasteiger partial charge is 0.0367 e. The highest BCUT2D eigenvalue weighted by molar-refractivity contribution is 5.48. The van der Waals surface area contributed by atoms with Gasteiger partial charge in [0, 0.05) is 44.5 Å². The maximum atomic E-state index is 5.57. The van der Waals surface area contributed by atoms with Crippen LogP contribution in [0, 0.1) is 0 Å². The summed E-state index contributed by atoms with van der Waals surface area (Å²) in [5, 5.41) is 0. The molecule has 0 saturated carbocycles. The van der Waals surface area contributed by atoms with Crippen LogP contribution in [0.4, 0.5) is 5.69 Å². The van der Waals surface area contributed by atoms with Gasteiger partial charge >= 0.3 is 0 Å². The monoisotopic (exact) mass is 304 g/mol. The molecule has 1 heterocycles. The van der Waals surface area contributed by atoms with Crippen LogP contribution in [-0.4, -0.2) is 62.2 Å². The molecule has 1 aromatic rings. The maximum Gasteiger partial charge on any atom is 0.0367 e. The second-order valence-corrected chi connectivity index (χ2v) is 6.66. The molecule has 4 nitrogen and oxygen atoms in total. The van der Waals surface area contributed by atoms with Gasteiger partial charge in [0.1, 0.15) is 0 Å². The molecule has 1 fully saturated rings. The van der Waals surface area contributed by atoms with Crippen molar-refractivity contribution in [3.63, 3.8) is 0 Å². The van der Waals surface area contributed by atoms with E-state index in [1.54, 1.807) is 0 Å². The van der Waals surface area contributed by atoms with Crippen molar-refractivity contribution in [2.24, 2.45) is 5.73 Å². The van der Waals surface area contributed by atoms with E-state index in [0.29, 0.717) is 6.04 Å². The fraction of sp³-hybridized carbons (Fsp3) is 0.667. The summed E-state index contributed by atoms with van der Waals surface area (Å²) in [4.78, 5) is 7.39. The van der Waals surface area contributed by atoms with Gasteiger partial charge in [-0.2, -0.15) is 0 Å². The van der Waals surface area contributed by atoms with Gasteiger partial charge in [-0.25, -0.2) is 0 Å². The standard InChI is InChI=1S/C18H32N4/c1-16(2)21-11-13-22(14-12-21)18-7-5-17(6-8-18)15-20(3)10-4-9-19/h5-8,16H,4,9-15,19H2,1-3H3. The van der Waals surface area contributed by atoms with Crippen LogP contribution in [-0.2, 0) is 6.54 Å². The van der Waals surface area contributed by atoms with Crippen molar-refractivity contribution in [1.82, 2.24) is 9.80 Å². The Kier molecular flexibility index (Phi) is 6.68. The highest BCUT2D eigenvalue weighted by Gasteiger charge is 2.18. The molecule has 0 atom stereocenters. The minimum absolute atomic E-state index is 0.661. The van der Waals surface area contributed by atoms with Gasteiger partial charge in [0.25, 0.3) is 0 Å². The summed E-state index contributed by atoms with van der Waals surface area (Å²) in [6.45, 7) is 12.0. The molecular formula is C18H32N4. The van der Waals surface area contributed by atoms with Gasteiger partial charge in [-0.05, 0) is 58.1 Å². The lowest BCUT2D eigenvalue weighted by Crippen LogP contribution is -2.48. The van der Waals surface area contributed by atoms with Gasteiger partial charge in [0.15, 0.2) is 0 Å². The Morgan fingerprint density at radius 3 is 2.27 bits per heavy atom. The van der Waals surface area contributed by atoms with Crippen molar-refractivity contribution in [3.8, 4) is 0 Å². The SMILES string of the molecule is CC(C)N1CCN(c2ccc(CN(C)CCCN)cc2)CC1. The number of rotatable bonds is 7. The predicted molar refractivity (Wildman–Crippen MR) is 95.4 cm³/mol. The van der Waals surface area contributed by atoms with Crippen LogP contribution >= 0.6 is 0 Å². The van der Waals surface area contributed by atoms with Gasteiger partial charge in [0.05, 0.1) is 0 Å². The lowest BCUT2D eigenvalue weighted by atomic mass is 10.1. The van der Waals surface area contributed by atoms with E-state index in [1.165, 1.54) is 24.3 Å². The number of anilines is 1. The molecule has 2 rings (SSSR count). The molecule has 4 heteroatoms. The molecule has 1 aliphatic heterocycles. The first-order valence-corrected chi connectivity index (χ1v) is 8.56. The largest absolute Gasteiger partial charge is 0.369 e. The van der Waals surface area contributed by atoms with Crippen molar-refractivity contribution in [1.29, 1.82) is 0 Å². The van der Waals surface area contributed by atoms with E-state index in [1.807, 2.05) is 0 Å². The Bertz CT molecular complexity index is 421. The third kappa shape index (κ3) is 4.97. The molecular weight excluding hydrogens is 272 g/mol. The number of nitrogens with zero attached hydrogens (tertiary/aromatic N) is 3. The summed E-state index contributed by atoms with van der Waals surface area (Å²) < 4.78 is 0. The van der Waals surface area contributed by atoms with Crippen molar-refractivity contribution in [2.45, 2.75) is 32.9 Å². The Labute approximate surface area is 135 Å². The summed E-state index contributed by atoms with van der Waals surface area (Å²) in [6.07, 6.45) is 1.06. The molecule has 0 amide bonds. The average molecular weight is 304 g/mol. The molecule has 1 aliphatic rings. The second-order valence-electron chi connectivity index (χ2n) is 6.66. The van der Waals surface area contributed by atoms with Crippen molar-refractivity contribution < 1.29 is 0 Å². The van der Waals surface area contributed by atoms with E-state index in [0.717, 1.165) is 39.1 Å². The fourth-order valence-electron chi connectivity index (χ4n) is 3.06. The van der Waals surface area contributed by atoms with E-state index < -0.39 is 0 Å². The molecule has 22 heavy (non-hydrogen) atoms. The van der Waals surface area contributed by atoms with Crippen LogP contribution in [0.5, 0.6) is 0 Å². The van der Waals surface area contributed by atoms with Gasteiger partial charge in [-0.1, -0.05) is 12.1 Å². The molecule has 2 N–H and O–H groups in total. The van der Waals surface area contributed by atoms with E-state index in [2.05, 4.69) is 59.9 Å². The topological polar surface area (TPSA) is 35.7 Å². The minimum Gasteiger partial charge on any atom is -0.369 e. The number of hydrogen-bond acceptors (Lipinski definition) is 4. The number of benzene rings is 1. The van der Waals surface area contributed by atoms with Crippen LogP contribution in [0.25, 0.3) is 0 Å². The van der Waals surface area contributed by atoms with E-state index >= 15 is 0 Å². The molecule has 124 valence electrons. The summed E-state index contributed by atoms with van der Waals surface area (Å²) in [5.41, 5.74) is 8.30. The molecule has 0 unspecified atom stereocenters. The minimum atomic E-state index is 0.661. The lowest BCUT2D eigenvalue weighted by Gasteiger charge is -2.38. The van der Waals surface area contributed by atoms with Crippen LogP contribution < -0.4 is 10.6 Å². The van der Waals surface area contributed by atoms with Crippen molar-refractivity contribution >= 4 is 5.69 Å². The van der Waals surface area contributed by atoms with E-state index in [9.17, 15) is 0 Å². The molecule has 0 aliphatic carbocycles. The van der Waals surface area contributed by atoms with Gasteiger partial charge < -0.3 is 15.5 Å². The van der Waals surface area contributed by atoms with Crippen molar-refractivity contribution in [3.05, 3.63) is 29.8 Å². The first-order chi connectivity index (χ1) is 10.6. The Hall–Kier alpha value is -1.10. The van der Waals surface area contributed by atoms with Gasteiger partial charge in [0.2, 0.25) is 0 Å². The average Bonchev–Trinajstić information content (AvgIpc) is 2.54. The van der Waals surface area contributed by atoms with Crippen molar-refractivity contribution in [2.75, 3.05) is 51.2 Å². The van der Waals surface area contributed by atoms with Crippen LogP contribution in [0.1, 0.15) is 25.8 Å². The molecule has 0 spiro atoms. The molecule has 1 aromatic carbocycles. The lowest BCUT2D eigenvalue weighted by molar-refractivity contribution is 0.209. The van der Waals surface area contributed by atoms with Gasteiger partial charge in [-0.3, -0.25) is 4.90 Å². The second kappa shape index (κ2) is 8.51. The molecule has 0 aromatic heterocycles. The summed E-state index contributed by atoms with van der Waals surface area (Å²) >= 11 is 0. The molecule has 0 radical (unpaired) electrons. The summed E-state index contributed by atoms with van der Waals surface area (Å²) in [6, 6.07) is 9.74. The zero-order chi connectivity index (χ0) is 15.9. The number of piperazine rings is 1. The first kappa shape index (κ1) is 17.3. The quantitative estimate of drug-likeness (QED) is 0.836.